The number of nitrogens with one attached hydrogen (secondary N) is 1. The summed E-state index contributed by atoms with van der Waals surface area (Å²) in [6.07, 6.45) is 0. The predicted molar refractivity (Wildman–Crippen MR) is 82.5 cm³/mol. The minimum Gasteiger partial charge on any atom is -0.389 e. The van der Waals surface area contributed by atoms with E-state index in [1.807, 2.05) is 13.0 Å². The smallest absolute Gasteiger partial charge is 0.301 e. The van der Waals surface area contributed by atoms with E-state index in [2.05, 4.69) is 4.72 Å². The standard InChI is InChI=1S/C12H19N3O2S2/c1-8(2)15(4)19(16,17)14-10-7-5-6-9(3)11(10)12(13)18/h5-8,14H,1-4H3,(H2,13,18). The quantitative estimate of drug-likeness (QED) is 0.811. The molecule has 0 aliphatic rings. The van der Waals surface area contributed by atoms with Crippen LogP contribution in [0.15, 0.2) is 18.2 Å². The number of anilines is 1. The summed E-state index contributed by atoms with van der Waals surface area (Å²) in [6, 6.07) is 5.09. The Labute approximate surface area is 120 Å². The summed E-state index contributed by atoms with van der Waals surface area (Å²) in [5, 5.41) is 0. The Morgan fingerprint density at radius 3 is 2.47 bits per heavy atom. The van der Waals surface area contributed by atoms with Crippen LogP contribution in [0.2, 0.25) is 0 Å². The predicted octanol–water partition coefficient (Wildman–Crippen LogP) is 1.63. The van der Waals surface area contributed by atoms with E-state index in [4.69, 9.17) is 18.0 Å². The van der Waals surface area contributed by atoms with Crippen molar-refractivity contribution >= 4 is 33.1 Å². The van der Waals surface area contributed by atoms with Gasteiger partial charge in [0.1, 0.15) is 4.99 Å². The second-order valence-electron chi connectivity index (χ2n) is 4.58. The molecule has 0 saturated heterocycles. The minimum atomic E-state index is -3.62. The third-order valence-corrected chi connectivity index (χ3v) is 4.73. The lowest BCUT2D eigenvalue weighted by Crippen LogP contribution is -2.37. The number of nitrogens with two attached hydrogens (primary N) is 1. The van der Waals surface area contributed by atoms with E-state index in [0.717, 1.165) is 5.56 Å². The van der Waals surface area contributed by atoms with Gasteiger partial charge in [-0.15, -0.1) is 0 Å². The molecule has 1 aromatic rings. The van der Waals surface area contributed by atoms with E-state index in [1.165, 1.54) is 11.4 Å². The lowest BCUT2D eigenvalue weighted by molar-refractivity contribution is 0.414. The molecule has 0 spiro atoms. The van der Waals surface area contributed by atoms with Crippen molar-refractivity contribution in [1.82, 2.24) is 4.31 Å². The Morgan fingerprint density at radius 1 is 1.42 bits per heavy atom. The Balaban J connectivity index is 3.21. The van der Waals surface area contributed by atoms with Crippen LogP contribution in [-0.2, 0) is 10.2 Å². The van der Waals surface area contributed by atoms with Crippen molar-refractivity contribution in [3.8, 4) is 0 Å². The number of benzene rings is 1. The monoisotopic (exact) mass is 301 g/mol. The van der Waals surface area contributed by atoms with Crippen LogP contribution >= 0.6 is 12.2 Å². The van der Waals surface area contributed by atoms with E-state index >= 15 is 0 Å². The maximum atomic E-state index is 12.2. The highest BCUT2D eigenvalue weighted by Gasteiger charge is 2.22. The van der Waals surface area contributed by atoms with Crippen LogP contribution in [0.3, 0.4) is 0 Å². The van der Waals surface area contributed by atoms with E-state index in [0.29, 0.717) is 11.3 Å². The van der Waals surface area contributed by atoms with Crippen molar-refractivity contribution < 1.29 is 8.42 Å². The highest BCUT2D eigenvalue weighted by atomic mass is 32.2. The van der Waals surface area contributed by atoms with Crippen LogP contribution in [0.4, 0.5) is 5.69 Å². The SMILES string of the molecule is Cc1cccc(NS(=O)(=O)N(C)C(C)C)c1C(N)=S. The fourth-order valence-electron chi connectivity index (χ4n) is 1.57. The molecule has 106 valence electrons. The number of nitrogens with zero attached hydrogens (tertiary/aromatic N) is 1. The fourth-order valence-corrected chi connectivity index (χ4v) is 2.99. The van der Waals surface area contributed by atoms with Crippen LogP contribution in [0.25, 0.3) is 0 Å². The van der Waals surface area contributed by atoms with Crippen molar-refractivity contribution in [2.45, 2.75) is 26.8 Å². The van der Waals surface area contributed by atoms with Crippen LogP contribution in [0.1, 0.15) is 25.0 Å². The Hall–Kier alpha value is -1.18. The van der Waals surface area contributed by atoms with E-state index < -0.39 is 10.2 Å². The van der Waals surface area contributed by atoms with Gasteiger partial charge >= 0.3 is 10.2 Å². The van der Waals surface area contributed by atoms with Crippen LogP contribution in [-0.4, -0.2) is 30.8 Å². The molecule has 0 aliphatic carbocycles. The van der Waals surface area contributed by atoms with Gasteiger partial charge in [-0.2, -0.15) is 12.7 Å². The molecular formula is C12H19N3O2S2. The molecule has 19 heavy (non-hydrogen) atoms. The molecule has 0 unspecified atom stereocenters. The van der Waals surface area contributed by atoms with Gasteiger partial charge in [0.05, 0.1) is 5.69 Å². The average Bonchev–Trinajstić information content (AvgIpc) is 2.26. The molecule has 1 rings (SSSR count). The summed E-state index contributed by atoms with van der Waals surface area (Å²) < 4.78 is 28.1. The van der Waals surface area contributed by atoms with E-state index in [1.54, 1.807) is 26.0 Å². The number of thiocarbonyl (C=S) groups is 1. The molecular weight excluding hydrogens is 282 g/mol. The van der Waals surface area contributed by atoms with Crippen molar-refractivity contribution in [1.29, 1.82) is 0 Å². The van der Waals surface area contributed by atoms with Gasteiger partial charge in [0.2, 0.25) is 0 Å². The second kappa shape index (κ2) is 5.85. The lowest BCUT2D eigenvalue weighted by atomic mass is 10.1. The molecule has 0 aliphatic heterocycles. The summed E-state index contributed by atoms with van der Waals surface area (Å²) in [7, 11) is -2.10. The molecule has 0 atom stereocenters. The van der Waals surface area contributed by atoms with Gasteiger partial charge in [0, 0.05) is 18.7 Å². The zero-order valence-corrected chi connectivity index (χ0v) is 13.1. The number of aryl methyl sites for hydroxylation is 1. The number of rotatable bonds is 5. The molecule has 5 nitrogen and oxygen atoms in total. The second-order valence-corrected chi connectivity index (χ2v) is 6.75. The fraction of sp³-hybridized carbons (Fsp3) is 0.417. The van der Waals surface area contributed by atoms with Crippen molar-refractivity contribution in [2.75, 3.05) is 11.8 Å². The maximum absolute atomic E-state index is 12.2. The summed E-state index contributed by atoms with van der Waals surface area (Å²) in [5.41, 5.74) is 7.44. The zero-order valence-electron chi connectivity index (χ0n) is 11.5. The number of hydrogen-bond acceptors (Lipinski definition) is 3. The Kier molecular flexibility index (Phi) is 4.89. The molecule has 0 aromatic heterocycles. The van der Waals surface area contributed by atoms with Gasteiger partial charge < -0.3 is 5.73 Å². The first-order chi connectivity index (χ1) is 8.66. The molecule has 0 radical (unpaired) electrons. The molecule has 0 heterocycles. The summed E-state index contributed by atoms with van der Waals surface area (Å²) in [6.45, 7) is 5.42. The van der Waals surface area contributed by atoms with Gasteiger partial charge in [0.15, 0.2) is 0 Å². The summed E-state index contributed by atoms with van der Waals surface area (Å²) in [4.78, 5) is 0.169. The largest absolute Gasteiger partial charge is 0.389 e. The van der Waals surface area contributed by atoms with Gasteiger partial charge in [0.25, 0.3) is 0 Å². The summed E-state index contributed by atoms with van der Waals surface area (Å²) in [5.74, 6) is 0. The molecule has 0 amide bonds. The minimum absolute atomic E-state index is 0.143. The molecule has 3 N–H and O–H groups in total. The van der Waals surface area contributed by atoms with Gasteiger partial charge in [-0.1, -0.05) is 24.4 Å². The molecule has 7 heteroatoms. The highest BCUT2D eigenvalue weighted by molar-refractivity contribution is 7.90. The normalized spacial score (nSPS) is 11.9. The Morgan fingerprint density at radius 2 is 2.00 bits per heavy atom. The van der Waals surface area contributed by atoms with Gasteiger partial charge in [-0.05, 0) is 32.4 Å². The molecule has 0 bridgehead atoms. The van der Waals surface area contributed by atoms with Crippen LogP contribution in [0.5, 0.6) is 0 Å². The van der Waals surface area contributed by atoms with Crippen LogP contribution in [0, 0.1) is 6.92 Å². The summed E-state index contributed by atoms with van der Waals surface area (Å²) >= 11 is 4.97. The highest BCUT2D eigenvalue weighted by Crippen LogP contribution is 2.21. The van der Waals surface area contributed by atoms with Crippen molar-refractivity contribution in [3.05, 3.63) is 29.3 Å². The number of hydrogen-bond donors (Lipinski definition) is 2. The lowest BCUT2D eigenvalue weighted by Gasteiger charge is -2.23. The average molecular weight is 301 g/mol. The first kappa shape index (κ1) is 15.9. The van der Waals surface area contributed by atoms with Crippen LogP contribution < -0.4 is 10.5 Å². The van der Waals surface area contributed by atoms with E-state index in [9.17, 15) is 8.42 Å². The third-order valence-electron chi connectivity index (χ3n) is 2.86. The molecule has 1 aromatic carbocycles. The van der Waals surface area contributed by atoms with Gasteiger partial charge in [-0.25, -0.2) is 0 Å². The third kappa shape index (κ3) is 3.65. The first-order valence-electron chi connectivity index (χ1n) is 5.82. The van der Waals surface area contributed by atoms with E-state index in [-0.39, 0.29) is 11.0 Å². The Bertz CT molecular complexity index is 583. The molecule has 0 saturated carbocycles. The van der Waals surface area contributed by atoms with Crippen molar-refractivity contribution in [3.63, 3.8) is 0 Å². The first-order valence-corrected chi connectivity index (χ1v) is 7.67. The molecule has 0 fully saturated rings. The van der Waals surface area contributed by atoms with Gasteiger partial charge in [-0.3, -0.25) is 4.72 Å². The zero-order chi connectivity index (χ0) is 14.8. The van der Waals surface area contributed by atoms with Crippen molar-refractivity contribution in [2.24, 2.45) is 5.73 Å². The maximum Gasteiger partial charge on any atom is 0.301 e. The topological polar surface area (TPSA) is 75.4 Å².